The number of hydrogen-bond donors (Lipinski definition) is 0. The van der Waals surface area contributed by atoms with E-state index in [2.05, 4.69) is 0 Å². The van der Waals surface area contributed by atoms with Gasteiger partial charge in [-0.1, -0.05) is 92.6 Å². The molecular formula is C60H90O24. The highest BCUT2D eigenvalue weighted by atomic mass is 16.8. The zero-order valence-corrected chi connectivity index (χ0v) is 51.4. The third-order valence-electron chi connectivity index (χ3n) is 16.8. The summed E-state index contributed by atoms with van der Waals surface area (Å²) in [4.78, 5) is 90.2. The molecule has 84 heavy (non-hydrogen) atoms. The van der Waals surface area contributed by atoms with E-state index in [0.717, 1.165) is 12.5 Å². The van der Waals surface area contributed by atoms with Gasteiger partial charge in [-0.05, 0) is 36.2 Å². The lowest BCUT2D eigenvalue weighted by Gasteiger charge is -2.52. The second kappa shape index (κ2) is 31.1. The second-order valence-corrected chi connectivity index (χ2v) is 22.9. The first kappa shape index (κ1) is 68.2. The van der Waals surface area contributed by atoms with Gasteiger partial charge >= 0.3 is 41.8 Å². The highest BCUT2D eigenvalue weighted by Crippen LogP contribution is 2.44. The molecule has 0 radical (unpaired) electrons. The topological polar surface area (TPSA) is 276 Å². The van der Waals surface area contributed by atoms with Gasteiger partial charge in [-0.25, -0.2) is 0 Å². The summed E-state index contributed by atoms with van der Waals surface area (Å²) in [5.41, 5.74) is 0.882. The van der Waals surface area contributed by atoms with Gasteiger partial charge in [0.05, 0.1) is 18.8 Å². The van der Waals surface area contributed by atoms with Crippen LogP contribution in [-0.2, 0) is 121 Å². The average molecular weight is 1200 g/mol. The predicted octanol–water partition coefficient (Wildman–Crippen LogP) is 6.06. The van der Waals surface area contributed by atoms with E-state index in [-0.39, 0.29) is 62.3 Å². The SMILES string of the molecule is CCC1O[C@@H](OCc2ccccc2)C(O[C@@H]2OC(COC(C)=O)[C@H](C)[C@H](O[C@@H]3OC(COC(C)=O)[C@H](C)[C@H](O[C@@H]4OC(COC(C)=O)[C@H](C)[C@H](O[C@@H]5OC(CC)[C@H](C)[C@H](C)C5OC(C)=O)C4OC(C)=O)C3OC(C)=O)C2OC(C)=O)[C@@H](C)[C@H]1C. The average Bonchev–Trinajstić information content (AvgIpc) is 1.62. The van der Waals surface area contributed by atoms with Crippen LogP contribution in [0.3, 0.4) is 0 Å². The lowest BCUT2D eigenvalue weighted by atomic mass is 9.82. The smallest absolute Gasteiger partial charge is 0.303 e. The van der Waals surface area contributed by atoms with Crippen LogP contribution >= 0.6 is 0 Å². The summed E-state index contributed by atoms with van der Waals surface area (Å²) in [7, 11) is 0. The fraction of sp³-hybridized carbons (Fsp3) is 0.783. The Hall–Kier alpha value is -4.89. The molecule has 5 fully saturated rings. The summed E-state index contributed by atoms with van der Waals surface area (Å²) in [5, 5.41) is 0. The first-order valence-electron chi connectivity index (χ1n) is 29.4. The molecule has 0 spiro atoms. The van der Waals surface area contributed by atoms with Crippen molar-refractivity contribution in [2.75, 3.05) is 19.8 Å². The van der Waals surface area contributed by atoms with Crippen molar-refractivity contribution in [3.05, 3.63) is 35.9 Å². The predicted molar refractivity (Wildman–Crippen MR) is 291 cm³/mol. The van der Waals surface area contributed by atoms with Crippen molar-refractivity contribution in [1.29, 1.82) is 0 Å². The minimum atomic E-state index is -1.67. The van der Waals surface area contributed by atoms with E-state index in [1.54, 1.807) is 20.8 Å². The monoisotopic (exact) mass is 1190 g/mol. The minimum absolute atomic E-state index is 0.0573. The molecule has 1 aromatic carbocycles. The van der Waals surface area contributed by atoms with Crippen LogP contribution in [0.5, 0.6) is 0 Å². The van der Waals surface area contributed by atoms with E-state index in [4.69, 9.17) is 80.5 Å². The van der Waals surface area contributed by atoms with Gasteiger partial charge in [-0.3, -0.25) is 33.6 Å². The molecule has 5 aliphatic heterocycles. The highest BCUT2D eigenvalue weighted by Gasteiger charge is 2.58. The molecule has 0 saturated carbocycles. The van der Waals surface area contributed by atoms with Gasteiger partial charge in [0.25, 0.3) is 0 Å². The van der Waals surface area contributed by atoms with Crippen LogP contribution in [0.1, 0.15) is 129 Å². The van der Waals surface area contributed by atoms with Crippen molar-refractivity contribution in [3.63, 3.8) is 0 Å². The van der Waals surface area contributed by atoms with Crippen LogP contribution in [0.4, 0.5) is 0 Å². The minimum Gasteiger partial charge on any atom is -0.463 e. The molecule has 5 saturated heterocycles. The molecule has 1 aromatic rings. The number of benzene rings is 1. The van der Waals surface area contributed by atoms with Crippen LogP contribution in [0.2, 0.25) is 0 Å². The maximum atomic E-state index is 13.5. The summed E-state index contributed by atoms with van der Waals surface area (Å²) >= 11 is 0. The van der Waals surface area contributed by atoms with Gasteiger partial charge < -0.3 is 80.5 Å². The number of ether oxygens (including phenoxy) is 17. The molecule has 0 amide bonds. The van der Waals surface area contributed by atoms with Crippen molar-refractivity contribution in [2.45, 2.75) is 241 Å². The van der Waals surface area contributed by atoms with Crippen LogP contribution in [0.15, 0.2) is 30.3 Å². The van der Waals surface area contributed by atoms with Crippen molar-refractivity contribution in [1.82, 2.24) is 0 Å². The quantitative estimate of drug-likeness (QED) is 0.0889. The third kappa shape index (κ3) is 17.6. The molecule has 0 bridgehead atoms. The fourth-order valence-corrected chi connectivity index (χ4v) is 11.8. The molecule has 5 heterocycles. The normalized spacial score (nSPS) is 38.7. The van der Waals surface area contributed by atoms with Crippen molar-refractivity contribution in [3.8, 4) is 0 Å². The van der Waals surface area contributed by atoms with Crippen LogP contribution in [0.25, 0.3) is 0 Å². The molecule has 24 heteroatoms. The lowest BCUT2D eigenvalue weighted by Crippen LogP contribution is -2.66. The summed E-state index contributed by atoms with van der Waals surface area (Å²) in [6.45, 7) is 24.7. The van der Waals surface area contributed by atoms with Gasteiger partial charge in [0.15, 0.2) is 55.9 Å². The number of esters is 7. The molecular weight excluding hydrogens is 1100 g/mol. The maximum absolute atomic E-state index is 13.5. The fourth-order valence-electron chi connectivity index (χ4n) is 11.8. The van der Waals surface area contributed by atoms with Gasteiger partial charge in [0.1, 0.15) is 62.5 Å². The molecule has 10 unspecified atom stereocenters. The van der Waals surface area contributed by atoms with Gasteiger partial charge in [-0.2, -0.15) is 0 Å². The first-order valence-corrected chi connectivity index (χ1v) is 29.4. The van der Waals surface area contributed by atoms with Crippen LogP contribution in [0, 0.1) is 41.4 Å². The molecule has 474 valence electrons. The van der Waals surface area contributed by atoms with Gasteiger partial charge in [-0.15, -0.1) is 0 Å². The Morgan fingerprint density at radius 2 is 0.643 bits per heavy atom. The highest BCUT2D eigenvalue weighted by molar-refractivity contribution is 5.68. The molecule has 6 rings (SSSR count). The van der Waals surface area contributed by atoms with E-state index in [9.17, 15) is 33.6 Å². The lowest BCUT2D eigenvalue weighted by molar-refractivity contribution is -0.386. The molecule has 0 N–H and O–H groups in total. The van der Waals surface area contributed by atoms with Crippen molar-refractivity contribution in [2.24, 2.45) is 41.4 Å². The molecule has 0 aromatic heterocycles. The summed E-state index contributed by atoms with van der Waals surface area (Å²) in [6.07, 6.45) is -19.4. The number of rotatable bonds is 23. The van der Waals surface area contributed by atoms with E-state index < -0.39 is 158 Å². The Kier molecular flexibility index (Phi) is 25.3. The summed E-state index contributed by atoms with van der Waals surface area (Å²) in [5.74, 6) is -7.92. The number of carbonyl (C=O) groups excluding carboxylic acids is 7. The Balaban J connectivity index is 1.43. The Morgan fingerprint density at radius 1 is 0.345 bits per heavy atom. The Morgan fingerprint density at radius 3 is 0.976 bits per heavy atom. The molecule has 25 atom stereocenters. The molecule has 0 aliphatic carbocycles. The largest absolute Gasteiger partial charge is 0.463 e. The van der Waals surface area contributed by atoms with Crippen molar-refractivity contribution < 1.29 is 114 Å². The Labute approximate surface area is 492 Å². The van der Waals surface area contributed by atoms with Gasteiger partial charge in [0, 0.05) is 72.1 Å². The van der Waals surface area contributed by atoms with E-state index in [0.29, 0.717) is 12.8 Å². The van der Waals surface area contributed by atoms with E-state index in [1.165, 1.54) is 41.5 Å². The van der Waals surface area contributed by atoms with E-state index in [1.807, 2.05) is 71.9 Å². The van der Waals surface area contributed by atoms with Crippen molar-refractivity contribution >= 4 is 41.8 Å². The third-order valence-corrected chi connectivity index (χ3v) is 16.8. The molecule has 24 nitrogen and oxygen atoms in total. The summed E-state index contributed by atoms with van der Waals surface area (Å²) in [6, 6.07) is 9.52. The van der Waals surface area contributed by atoms with E-state index >= 15 is 0 Å². The summed E-state index contributed by atoms with van der Waals surface area (Å²) < 4.78 is 108. The van der Waals surface area contributed by atoms with Crippen LogP contribution < -0.4 is 0 Å². The Bertz CT molecular complexity index is 2340. The maximum Gasteiger partial charge on any atom is 0.303 e. The molecule has 5 aliphatic rings. The number of hydrogen-bond acceptors (Lipinski definition) is 24. The zero-order valence-electron chi connectivity index (χ0n) is 51.4. The first-order chi connectivity index (χ1) is 39.7. The standard InChI is InChI=1S/C60H90O24/c1-17-43-28(3)30(5)51(56(76-43)71-24-42-22-20-19-21-23-42)84-60-55(75-41(16)67)50(34(9)47(80-60)27-70-37(12)63)83-59-54(74-40(15)66)49(33(8)46(79-59)26-69-36(11)62)82-58-53(73-39(14)65)48(32(7)45(78-58)25-68-35(10)61)81-57-52(72-38(13)64)31(6)29(4)44(18-2)77-57/h19-23,28-34,43-60H,17-18,24-27H2,1-16H3/t28-,29-,30+,31+,32+,33+,34+,43?,44?,45?,46?,47?,48+,49+,50+,51?,52?,53?,54?,55?,56-,57+,58+,59+,60+/m1/s1. The second-order valence-electron chi connectivity index (χ2n) is 22.9. The number of carbonyl (C=O) groups is 7. The zero-order chi connectivity index (χ0) is 61.9. The van der Waals surface area contributed by atoms with Gasteiger partial charge in [0.2, 0.25) is 0 Å². The van der Waals surface area contributed by atoms with Crippen LogP contribution in [-0.4, -0.2) is 172 Å².